The normalized spacial score (nSPS) is 17.7. The highest BCUT2D eigenvalue weighted by Gasteiger charge is 2.40. The molecule has 32 heavy (non-hydrogen) atoms. The maximum Gasteiger partial charge on any atom is 0.130 e. The summed E-state index contributed by atoms with van der Waals surface area (Å²) in [6.07, 6.45) is 0.887. The van der Waals surface area contributed by atoms with Gasteiger partial charge in [-0.3, -0.25) is 0 Å². The number of hydrogen-bond donors (Lipinski definition) is 0. The van der Waals surface area contributed by atoms with Crippen LogP contribution >= 0.6 is 0 Å². The van der Waals surface area contributed by atoms with Gasteiger partial charge in [0.15, 0.2) is 0 Å². The summed E-state index contributed by atoms with van der Waals surface area (Å²) >= 11 is 0. The van der Waals surface area contributed by atoms with Gasteiger partial charge in [0.25, 0.3) is 0 Å². The summed E-state index contributed by atoms with van der Waals surface area (Å²) in [5.74, 6) is 1.86. The predicted octanol–water partition coefficient (Wildman–Crippen LogP) is 6.92. The molecule has 1 aliphatic rings. The van der Waals surface area contributed by atoms with E-state index in [9.17, 15) is 0 Å². The smallest absolute Gasteiger partial charge is 0.130 e. The Labute approximate surface area is 188 Å². The van der Waals surface area contributed by atoms with E-state index in [1.807, 2.05) is 12.1 Å². The van der Waals surface area contributed by atoms with Crippen LogP contribution in [0.25, 0.3) is 21.5 Å². The van der Waals surface area contributed by atoms with E-state index in [0.717, 1.165) is 28.7 Å². The van der Waals surface area contributed by atoms with Crippen molar-refractivity contribution in [3.05, 3.63) is 120 Å². The van der Waals surface area contributed by atoms with Crippen molar-refractivity contribution in [1.82, 2.24) is 0 Å². The fourth-order valence-corrected chi connectivity index (χ4v) is 5.19. The lowest BCUT2D eigenvalue weighted by Gasteiger charge is -2.39. The topological polar surface area (TPSA) is 18.5 Å². The lowest BCUT2D eigenvalue weighted by atomic mass is 9.69. The average molecular weight is 417 g/mol. The van der Waals surface area contributed by atoms with Crippen LogP contribution in [0, 0.1) is 0 Å². The fraction of sp³-hybridized carbons (Fsp3) is 0.133. The van der Waals surface area contributed by atoms with Gasteiger partial charge < -0.3 is 9.47 Å². The molecule has 0 radical (unpaired) electrons. The first-order valence-electron chi connectivity index (χ1n) is 11.0. The molecule has 1 unspecified atom stereocenters. The molecule has 5 aromatic carbocycles. The number of benzene rings is 5. The number of hydrogen-bond acceptors (Lipinski definition) is 2. The van der Waals surface area contributed by atoms with Crippen LogP contribution in [-0.2, 0) is 11.8 Å². The molecule has 6 rings (SSSR count). The molecule has 0 fully saturated rings. The van der Waals surface area contributed by atoms with Crippen molar-refractivity contribution in [1.29, 1.82) is 0 Å². The van der Waals surface area contributed by atoms with Gasteiger partial charge in [-0.2, -0.15) is 0 Å². The maximum atomic E-state index is 6.62. The molecule has 0 bridgehead atoms. The molecule has 1 heterocycles. The third-order valence-corrected chi connectivity index (χ3v) is 6.86. The van der Waals surface area contributed by atoms with Gasteiger partial charge in [-0.05, 0) is 39.9 Å². The Morgan fingerprint density at radius 3 is 2.34 bits per heavy atom. The highest BCUT2D eigenvalue weighted by atomic mass is 16.5. The monoisotopic (exact) mass is 416 g/mol. The first kappa shape index (κ1) is 18.9. The molecule has 1 atom stereocenters. The summed E-state index contributed by atoms with van der Waals surface area (Å²) in [6, 6.07) is 36.7. The minimum atomic E-state index is -0.245. The van der Waals surface area contributed by atoms with Crippen LogP contribution in [0.2, 0.25) is 0 Å². The van der Waals surface area contributed by atoms with Crippen LogP contribution in [0.1, 0.15) is 16.7 Å². The average Bonchev–Trinajstić information content (AvgIpc) is 2.88. The van der Waals surface area contributed by atoms with E-state index >= 15 is 0 Å². The molecule has 156 valence electrons. The third kappa shape index (κ3) is 2.87. The van der Waals surface area contributed by atoms with Gasteiger partial charge in [-0.1, -0.05) is 97.1 Å². The number of fused-ring (bicyclic) bond motifs is 4. The second-order valence-electron chi connectivity index (χ2n) is 8.58. The van der Waals surface area contributed by atoms with Crippen LogP contribution in [0.5, 0.6) is 11.5 Å². The lowest BCUT2D eigenvalue weighted by molar-refractivity contribution is 0.218. The van der Waals surface area contributed by atoms with E-state index in [1.54, 1.807) is 7.11 Å². The summed E-state index contributed by atoms with van der Waals surface area (Å²) < 4.78 is 12.2. The molecule has 2 nitrogen and oxygen atoms in total. The van der Waals surface area contributed by atoms with Gasteiger partial charge in [0, 0.05) is 10.8 Å². The molecule has 0 saturated carbocycles. The SMILES string of the molecule is COc1cccc2c3c(ccc12)CC(c1ccccc1)(c1ccc2ccccc2c1)CO3. The van der Waals surface area contributed by atoms with E-state index < -0.39 is 0 Å². The van der Waals surface area contributed by atoms with Gasteiger partial charge >= 0.3 is 0 Å². The Morgan fingerprint density at radius 2 is 1.50 bits per heavy atom. The molecule has 0 saturated heterocycles. The minimum absolute atomic E-state index is 0.245. The van der Waals surface area contributed by atoms with E-state index in [1.165, 1.54) is 27.5 Å². The van der Waals surface area contributed by atoms with Crippen molar-refractivity contribution in [2.45, 2.75) is 11.8 Å². The Kier molecular flexibility index (Phi) is 4.39. The van der Waals surface area contributed by atoms with Crippen molar-refractivity contribution < 1.29 is 9.47 Å². The molecule has 0 N–H and O–H groups in total. The van der Waals surface area contributed by atoms with Gasteiger partial charge in [0.1, 0.15) is 18.1 Å². The van der Waals surface area contributed by atoms with Crippen molar-refractivity contribution in [3.63, 3.8) is 0 Å². The molecule has 0 aromatic heterocycles. The molecule has 0 aliphatic carbocycles. The van der Waals surface area contributed by atoms with Gasteiger partial charge in [-0.25, -0.2) is 0 Å². The second-order valence-corrected chi connectivity index (χ2v) is 8.58. The minimum Gasteiger partial charge on any atom is -0.496 e. The Balaban J connectivity index is 1.55. The Hall–Kier alpha value is -3.78. The molecule has 5 aromatic rings. The zero-order valence-corrected chi connectivity index (χ0v) is 18.0. The highest BCUT2D eigenvalue weighted by molar-refractivity contribution is 5.94. The van der Waals surface area contributed by atoms with E-state index in [0.29, 0.717) is 6.61 Å². The summed E-state index contributed by atoms with van der Waals surface area (Å²) in [6.45, 7) is 0.596. The highest BCUT2D eigenvalue weighted by Crippen LogP contribution is 2.46. The van der Waals surface area contributed by atoms with E-state index in [2.05, 4.69) is 91.0 Å². The molecular weight excluding hydrogens is 392 g/mol. The van der Waals surface area contributed by atoms with Crippen LogP contribution < -0.4 is 9.47 Å². The van der Waals surface area contributed by atoms with Gasteiger partial charge in [0.05, 0.1) is 12.5 Å². The van der Waals surface area contributed by atoms with Crippen LogP contribution in [-0.4, -0.2) is 13.7 Å². The Morgan fingerprint density at radius 1 is 0.688 bits per heavy atom. The Bertz CT molecular complexity index is 1440. The van der Waals surface area contributed by atoms with Crippen LogP contribution in [0.4, 0.5) is 0 Å². The van der Waals surface area contributed by atoms with Crippen LogP contribution in [0.15, 0.2) is 103 Å². The molecule has 0 spiro atoms. The zero-order chi connectivity index (χ0) is 21.5. The number of rotatable bonds is 3. The molecule has 2 heteroatoms. The first-order valence-corrected chi connectivity index (χ1v) is 11.0. The molecule has 1 aliphatic heterocycles. The zero-order valence-electron chi connectivity index (χ0n) is 18.0. The second kappa shape index (κ2) is 7.42. The third-order valence-electron chi connectivity index (χ3n) is 6.86. The fourth-order valence-electron chi connectivity index (χ4n) is 5.19. The van der Waals surface area contributed by atoms with E-state index in [-0.39, 0.29) is 5.41 Å². The standard InChI is InChI=1S/C30H24O2/c1-31-28-13-7-12-27-26(28)17-15-23-19-30(20-32-29(23)27,24-10-3-2-4-11-24)25-16-14-21-8-5-6-9-22(21)18-25/h2-18H,19-20H2,1H3. The largest absolute Gasteiger partial charge is 0.496 e. The van der Waals surface area contributed by atoms with Crippen LogP contribution in [0.3, 0.4) is 0 Å². The predicted molar refractivity (Wildman–Crippen MR) is 131 cm³/mol. The van der Waals surface area contributed by atoms with Crippen molar-refractivity contribution in [2.75, 3.05) is 13.7 Å². The first-order chi connectivity index (χ1) is 15.8. The lowest BCUT2D eigenvalue weighted by Crippen LogP contribution is -2.40. The van der Waals surface area contributed by atoms with E-state index in [4.69, 9.17) is 9.47 Å². The van der Waals surface area contributed by atoms with Gasteiger partial charge in [0.2, 0.25) is 0 Å². The number of ether oxygens (including phenoxy) is 2. The summed E-state index contributed by atoms with van der Waals surface area (Å²) in [4.78, 5) is 0. The van der Waals surface area contributed by atoms with Crippen molar-refractivity contribution in [2.24, 2.45) is 0 Å². The van der Waals surface area contributed by atoms with Crippen molar-refractivity contribution in [3.8, 4) is 11.5 Å². The maximum absolute atomic E-state index is 6.62. The summed E-state index contributed by atoms with van der Waals surface area (Å²) in [5.41, 5.74) is 3.56. The summed E-state index contributed by atoms with van der Waals surface area (Å²) in [5, 5.41) is 4.72. The van der Waals surface area contributed by atoms with Crippen molar-refractivity contribution >= 4 is 21.5 Å². The number of methoxy groups -OCH3 is 1. The molecule has 0 amide bonds. The van der Waals surface area contributed by atoms with Gasteiger partial charge in [-0.15, -0.1) is 0 Å². The quantitative estimate of drug-likeness (QED) is 0.318. The molecular formula is C30H24O2. The summed E-state index contributed by atoms with van der Waals surface area (Å²) in [7, 11) is 1.72.